The van der Waals surface area contributed by atoms with Crippen molar-refractivity contribution in [2.75, 3.05) is 26.6 Å². The Hall–Kier alpha value is -1.26. The Labute approximate surface area is 83.8 Å². The summed E-state index contributed by atoms with van der Waals surface area (Å²) in [7, 11) is 3.20. The molecule has 78 valence electrons. The molecule has 0 unspecified atom stereocenters. The van der Waals surface area contributed by atoms with Crippen LogP contribution in [0.3, 0.4) is 0 Å². The molecule has 1 aromatic rings. The van der Waals surface area contributed by atoms with E-state index in [1.165, 1.54) is 0 Å². The van der Waals surface area contributed by atoms with E-state index in [2.05, 4.69) is 0 Å². The lowest BCUT2D eigenvalue weighted by molar-refractivity contribution is 0.181. The molecule has 14 heavy (non-hydrogen) atoms. The largest absolute Gasteiger partial charge is 0.495 e. The lowest BCUT2D eigenvalue weighted by Crippen LogP contribution is -2.16. The monoisotopic (exact) mass is 196 g/mol. The van der Waals surface area contributed by atoms with Crippen molar-refractivity contribution in [3.05, 3.63) is 23.8 Å². The first-order valence-corrected chi connectivity index (χ1v) is 4.37. The van der Waals surface area contributed by atoms with Crippen LogP contribution in [0.2, 0.25) is 0 Å². The van der Waals surface area contributed by atoms with E-state index >= 15 is 0 Å². The molecule has 4 heteroatoms. The molecule has 0 saturated carbocycles. The molecule has 0 radical (unpaired) electrons. The maximum absolute atomic E-state index is 5.84. The predicted octanol–water partition coefficient (Wildman–Crippen LogP) is 0.924. The van der Waals surface area contributed by atoms with E-state index < -0.39 is 0 Å². The minimum Gasteiger partial charge on any atom is -0.495 e. The van der Waals surface area contributed by atoms with Gasteiger partial charge in [-0.3, -0.25) is 0 Å². The number of rotatable bonds is 4. The van der Waals surface area contributed by atoms with Crippen molar-refractivity contribution < 1.29 is 9.47 Å². The summed E-state index contributed by atoms with van der Waals surface area (Å²) in [5, 5.41) is 0. The van der Waals surface area contributed by atoms with E-state index in [9.17, 15) is 0 Å². The summed E-state index contributed by atoms with van der Waals surface area (Å²) in [6, 6.07) is 5.36. The molecule has 1 atom stereocenters. The van der Waals surface area contributed by atoms with Gasteiger partial charge in [0, 0.05) is 7.11 Å². The second kappa shape index (κ2) is 4.83. The van der Waals surface area contributed by atoms with Crippen LogP contribution in [-0.4, -0.2) is 20.8 Å². The van der Waals surface area contributed by atoms with E-state index in [1.807, 2.05) is 12.1 Å². The molecule has 0 bridgehead atoms. The zero-order chi connectivity index (χ0) is 10.6. The molecule has 0 amide bonds. The SMILES string of the molecule is COC[C@H](N)c1ccc(OC)c(N)c1. The number of hydrogen-bond donors (Lipinski definition) is 2. The van der Waals surface area contributed by atoms with Crippen molar-refractivity contribution >= 4 is 5.69 Å². The van der Waals surface area contributed by atoms with Crippen LogP contribution >= 0.6 is 0 Å². The molecule has 0 saturated heterocycles. The molecule has 0 heterocycles. The lowest BCUT2D eigenvalue weighted by atomic mass is 10.1. The van der Waals surface area contributed by atoms with Gasteiger partial charge in [-0.05, 0) is 17.7 Å². The third kappa shape index (κ3) is 2.37. The van der Waals surface area contributed by atoms with Gasteiger partial charge in [0.05, 0.1) is 25.4 Å². The van der Waals surface area contributed by atoms with Crippen LogP contribution in [0.5, 0.6) is 5.75 Å². The number of benzene rings is 1. The summed E-state index contributed by atoms with van der Waals surface area (Å²) < 4.78 is 10.00. The van der Waals surface area contributed by atoms with E-state index in [1.54, 1.807) is 20.3 Å². The van der Waals surface area contributed by atoms with E-state index in [0.717, 1.165) is 5.56 Å². The number of methoxy groups -OCH3 is 2. The predicted molar refractivity (Wildman–Crippen MR) is 56.2 cm³/mol. The van der Waals surface area contributed by atoms with E-state index in [4.69, 9.17) is 20.9 Å². The Morgan fingerprint density at radius 2 is 2.07 bits per heavy atom. The fourth-order valence-corrected chi connectivity index (χ4v) is 1.26. The van der Waals surface area contributed by atoms with Crippen molar-refractivity contribution in [2.24, 2.45) is 5.73 Å². The lowest BCUT2D eigenvalue weighted by Gasteiger charge is -2.12. The van der Waals surface area contributed by atoms with Gasteiger partial charge in [0.1, 0.15) is 5.75 Å². The Bertz CT molecular complexity index is 302. The average molecular weight is 196 g/mol. The summed E-state index contributed by atoms with van der Waals surface area (Å²) in [4.78, 5) is 0. The van der Waals surface area contributed by atoms with Gasteiger partial charge in [0.25, 0.3) is 0 Å². The molecule has 0 aromatic heterocycles. The van der Waals surface area contributed by atoms with Crippen LogP contribution in [0, 0.1) is 0 Å². The molecule has 1 aromatic carbocycles. The summed E-state index contributed by atoms with van der Waals surface area (Å²) in [6.07, 6.45) is 0. The minimum absolute atomic E-state index is 0.145. The van der Waals surface area contributed by atoms with Crippen LogP contribution < -0.4 is 16.2 Å². The van der Waals surface area contributed by atoms with Gasteiger partial charge in [-0.25, -0.2) is 0 Å². The van der Waals surface area contributed by atoms with Crippen LogP contribution in [0.1, 0.15) is 11.6 Å². The average Bonchev–Trinajstić information content (AvgIpc) is 2.18. The van der Waals surface area contributed by atoms with Crippen molar-refractivity contribution in [3.8, 4) is 5.75 Å². The second-order valence-corrected chi connectivity index (χ2v) is 3.06. The summed E-state index contributed by atoms with van der Waals surface area (Å²) in [6.45, 7) is 0.478. The van der Waals surface area contributed by atoms with Crippen LogP contribution in [0.15, 0.2) is 18.2 Å². The third-order valence-corrected chi connectivity index (χ3v) is 2.03. The highest BCUT2D eigenvalue weighted by Crippen LogP contribution is 2.24. The molecule has 0 aliphatic heterocycles. The highest BCUT2D eigenvalue weighted by atomic mass is 16.5. The first kappa shape index (κ1) is 10.8. The van der Waals surface area contributed by atoms with Crippen molar-refractivity contribution in [1.29, 1.82) is 0 Å². The minimum atomic E-state index is -0.145. The molecule has 1 rings (SSSR count). The Balaban J connectivity index is 2.85. The number of anilines is 1. The molecular weight excluding hydrogens is 180 g/mol. The van der Waals surface area contributed by atoms with Crippen molar-refractivity contribution in [3.63, 3.8) is 0 Å². The fraction of sp³-hybridized carbons (Fsp3) is 0.400. The molecule has 0 aliphatic rings. The number of ether oxygens (including phenoxy) is 2. The summed E-state index contributed by atoms with van der Waals surface area (Å²) in [5.41, 5.74) is 13.1. The van der Waals surface area contributed by atoms with Crippen molar-refractivity contribution in [1.82, 2.24) is 0 Å². The van der Waals surface area contributed by atoms with Crippen LogP contribution in [-0.2, 0) is 4.74 Å². The first-order valence-electron chi connectivity index (χ1n) is 4.37. The van der Waals surface area contributed by atoms with Gasteiger partial charge in [-0.1, -0.05) is 6.07 Å². The number of hydrogen-bond acceptors (Lipinski definition) is 4. The quantitative estimate of drug-likeness (QED) is 0.702. The third-order valence-electron chi connectivity index (χ3n) is 2.03. The normalized spacial score (nSPS) is 12.5. The Morgan fingerprint density at radius 3 is 2.57 bits per heavy atom. The van der Waals surface area contributed by atoms with Gasteiger partial charge in [-0.15, -0.1) is 0 Å². The fourth-order valence-electron chi connectivity index (χ4n) is 1.26. The Morgan fingerprint density at radius 1 is 1.36 bits per heavy atom. The number of nitrogen functional groups attached to an aromatic ring is 1. The van der Waals surface area contributed by atoms with Gasteiger partial charge in [-0.2, -0.15) is 0 Å². The van der Waals surface area contributed by atoms with Crippen LogP contribution in [0.4, 0.5) is 5.69 Å². The van der Waals surface area contributed by atoms with E-state index in [0.29, 0.717) is 18.0 Å². The number of nitrogens with two attached hydrogens (primary N) is 2. The molecule has 0 aliphatic carbocycles. The molecule has 0 fully saturated rings. The van der Waals surface area contributed by atoms with Gasteiger partial charge >= 0.3 is 0 Å². The zero-order valence-corrected chi connectivity index (χ0v) is 8.49. The molecule has 4 N–H and O–H groups in total. The van der Waals surface area contributed by atoms with E-state index in [-0.39, 0.29) is 6.04 Å². The van der Waals surface area contributed by atoms with Gasteiger partial charge in [0.2, 0.25) is 0 Å². The van der Waals surface area contributed by atoms with Crippen LogP contribution in [0.25, 0.3) is 0 Å². The zero-order valence-electron chi connectivity index (χ0n) is 8.49. The standard InChI is InChI=1S/C10H16N2O2/c1-13-6-9(12)7-3-4-10(14-2)8(11)5-7/h3-5,9H,6,11-12H2,1-2H3/t9-/m0/s1. The highest BCUT2D eigenvalue weighted by molar-refractivity contribution is 5.54. The molecule has 0 spiro atoms. The first-order chi connectivity index (χ1) is 6.69. The molecule has 4 nitrogen and oxygen atoms in total. The second-order valence-electron chi connectivity index (χ2n) is 3.06. The molecular formula is C10H16N2O2. The maximum atomic E-state index is 5.84. The van der Waals surface area contributed by atoms with Crippen molar-refractivity contribution in [2.45, 2.75) is 6.04 Å². The highest BCUT2D eigenvalue weighted by Gasteiger charge is 2.07. The van der Waals surface area contributed by atoms with Gasteiger partial charge < -0.3 is 20.9 Å². The smallest absolute Gasteiger partial charge is 0.141 e. The summed E-state index contributed by atoms with van der Waals surface area (Å²) >= 11 is 0. The topological polar surface area (TPSA) is 70.5 Å². The maximum Gasteiger partial charge on any atom is 0.141 e. The Kier molecular flexibility index (Phi) is 3.73. The summed E-state index contributed by atoms with van der Waals surface area (Å²) in [5.74, 6) is 0.665. The van der Waals surface area contributed by atoms with Gasteiger partial charge in [0.15, 0.2) is 0 Å².